The molecule has 1 heterocycles. The number of hydrogen-bond donors (Lipinski definition) is 3. The van der Waals surface area contributed by atoms with Gasteiger partial charge in [0.15, 0.2) is 5.96 Å². The predicted molar refractivity (Wildman–Crippen MR) is 124 cm³/mol. The van der Waals surface area contributed by atoms with Gasteiger partial charge in [0.25, 0.3) is 0 Å². The Hall–Kier alpha value is -2.55. The van der Waals surface area contributed by atoms with Gasteiger partial charge in [-0.2, -0.15) is 0 Å². The number of rotatable bonds is 7. The monoisotopic (exact) mass is 491 g/mol. The van der Waals surface area contributed by atoms with Crippen LogP contribution in [0.3, 0.4) is 0 Å². The van der Waals surface area contributed by atoms with Crippen molar-refractivity contribution in [3.8, 4) is 17.0 Å². The van der Waals surface area contributed by atoms with Crippen molar-refractivity contribution in [1.29, 1.82) is 0 Å². The summed E-state index contributed by atoms with van der Waals surface area (Å²) >= 11 is 0. The zero-order valence-corrected chi connectivity index (χ0v) is 18.4. The number of methoxy groups -OCH3 is 1. The van der Waals surface area contributed by atoms with Crippen LogP contribution in [0.4, 0.5) is 0 Å². The number of nitrogens with one attached hydrogen (secondary N) is 3. The Morgan fingerprint density at radius 3 is 2.50 bits per heavy atom. The Labute approximate surface area is 182 Å². The summed E-state index contributed by atoms with van der Waals surface area (Å²) in [6.45, 7) is 4.00. The smallest absolute Gasteiger partial charge is 0.191 e. The highest BCUT2D eigenvalue weighted by Crippen LogP contribution is 2.16. The average Bonchev–Trinajstić information content (AvgIpc) is 3.20. The summed E-state index contributed by atoms with van der Waals surface area (Å²) in [5, 5.41) is 6.57. The summed E-state index contributed by atoms with van der Waals surface area (Å²) in [6.07, 6.45) is 1.85. The van der Waals surface area contributed by atoms with E-state index in [2.05, 4.69) is 37.7 Å². The summed E-state index contributed by atoms with van der Waals surface area (Å²) in [4.78, 5) is 12.4. The highest BCUT2D eigenvalue weighted by atomic mass is 127. The van der Waals surface area contributed by atoms with Gasteiger partial charge >= 0.3 is 0 Å². The minimum atomic E-state index is 0. The van der Waals surface area contributed by atoms with Gasteiger partial charge in [0.2, 0.25) is 0 Å². The first-order valence-electron chi connectivity index (χ1n) is 9.03. The predicted octanol–water partition coefficient (Wildman–Crippen LogP) is 3.96. The lowest BCUT2D eigenvalue weighted by molar-refractivity contribution is 0.414. The number of H-pyrrole nitrogens is 1. The average molecular weight is 491 g/mol. The lowest BCUT2D eigenvalue weighted by Crippen LogP contribution is -2.37. The molecule has 0 unspecified atom stereocenters. The third-order valence-electron chi connectivity index (χ3n) is 4.06. The molecule has 0 fully saturated rings. The van der Waals surface area contributed by atoms with Gasteiger partial charge in [0.1, 0.15) is 11.6 Å². The molecule has 0 spiro atoms. The summed E-state index contributed by atoms with van der Waals surface area (Å²) in [7, 11) is 1.66. The van der Waals surface area contributed by atoms with E-state index in [0.717, 1.165) is 40.9 Å². The molecule has 0 aliphatic carbocycles. The molecule has 28 heavy (non-hydrogen) atoms. The molecule has 7 heteroatoms. The van der Waals surface area contributed by atoms with Crippen LogP contribution in [0.5, 0.6) is 5.75 Å². The molecular formula is C21H26IN5O. The number of hydrogen-bond acceptors (Lipinski definition) is 3. The molecule has 0 radical (unpaired) electrons. The largest absolute Gasteiger partial charge is 0.497 e. The zero-order valence-electron chi connectivity index (χ0n) is 16.1. The fourth-order valence-electron chi connectivity index (χ4n) is 2.63. The maximum atomic E-state index is 5.18. The van der Waals surface area contributed by atoms with Crippen molar-refractivity contribution in [2.45, 2.75) is 20.0 Å². The van der Waals surface area contributed by atoms with E-state index in [0.29, 0.717) is 13.1 Å². The van der Waals surface area contributed by atoms with E-state index in [9.17, 15) is 0 Å². The molecule has 0 saturated carbocycles. The van der Waals surface area contributed by atoms with E-state index in [1.165, 1.54) is 0 Å². The molecule has 2 aromatic carbocycles. The normalized spacial score (nSPS) is 10.9. The molecule has 3 aromatic rings. The number of aliphatic imine (C=N–C) groups is 1. The summed E-state index contributed by atoms with van der Waals surface area (Å²) in [5.41, 5.74) is 3.25. The standard InChI is InChI=1S/C21H25N5O.HI/c1-3-22-21(24-13-16-9-11-18(27-2)12-10-16)25-15-20-23-14-19(26-20)17-7-5-4-6-8-17;/h4-12,14H,3,13,15H2,1-2H3,(H,23,26)(H2,22,24,25);1H. The second kappa shape index (κ2) is 11.3. The van der Waals surface area contributed by atoms with Crippen molar-refractivity contribution in [1.82, 2.24) is 20.6 Å². The number of benzene rings is 2. The highest BCUT2D eigenvalue weighted by molar-refractivity contribution is 14.0. The van der Waals surface area contributed by atoms with Gasteiger partial charge in [-0.1, -0.05) is 42.5 Å². The van der Waals surface area contributed by atoms with Gasteiger partial charge in [-0.25, -0.2) is 9.98 Å². The van der Waals surface area contributed by atoms with Crippen molar-refractivity contribution in [2.75, 3.05) is 13.7 Å². The topological polar surface area (TPSA) is 74.3 Å². The first kappa shape index (κ1) is 21.7. The summed E-state index contributed by atoms with van der Waals surface area (Å²) in [5.74, 6) is 2.47. The van der Waals surface area contributed by atoms with Crippen LogP contribution in [0.2, 0.25) is 0 Å². The van der Waals surface area contributed by atoms with Gasteiger partial charge < -0.3 is 20.4 Å². The molecule has 1 aromatic heterocycles. The van der Waals surface area contributed by atoms with Crippen molar-refractivity contribution in [3.63, 3.8) is 0 Å². The van der Waals surface area contributed by atoms with Crippen LogP contribution >= 0.6 is 24.0 Å². The second-order valence-electron chi connectivity index (χ2n) is 6.01. The van der Waals surface area contributed by atoms with Crippen LogP contribution in [0.1, 0.15) is 18.3 Å². The lowest BCUT2D eigenvalue weighted by Gasteiger charge is -2.10. The van der Waals surface area contributed by atoms with Crippen molar-refractivity contribution in [3.05, 3.63) is 72.2 Å². The zero-order chi connectivity index (χ0) is 18.9. The van der Waals surface area contributed by atoms with Crippen molar-refractivity contribution < 1.29 is 4.74 Å². The van der Waals surface area contributed by atoms with Gasteiger partial charge in [-0.05, 0) is 30.2 Å². The SMILES string of the molecule is CCNC(=NCc1ccc(OC)cc1)NCc1ncc(-c2ccccc2)[nH]1.I. The Morgan fingerprint density at radius 1 is 1.07 bits per heavy atom. The van der Waals surface area contributed by atoms with E-state index in [1.54, 1.807) is 7.11 Å². The molecule has 148 valence electrons. The van der Waals surface area contributed by atoms with Crippen LogP contribution in [0.25, 0.3) is 11.3 Å². The molecule has 3 N–H and O–H groups in total. The van der Waals surface area contributed by atoms with Gasteiger partial charge in [-0.15, -0.1) is 24.0 Å². The number of aromatic amines is 1. The van der Waals surface area contributed by atoms with E-state index >= 15 is 0 Å². The van der Waals surface area contributed by atoms with Crippen LogP contribution in [-0.4, -0.2) is 29.6 Å². The van der Waals surface area contributed by atoms with Gasteiger partial charge in [0.05, 0.1) is 32.1 Å². The van der Waals surface area contributed by atoms with Gasteiger partial charge in [0, 0.05) is 6.54 Å². The molecule has 3 rings (SSSR count). The molecule has 0 amide bonds. The number of ether oxygens (including phenoxy) is 1. The molecule has 0 aliphatic rings. The Bertz CT molecular complexity index is 862. The van der Waals surface area contributed by atoms with Crippen LogP contribution in [0.15, 0.2) is 65.8 Å². The summed E-state index contributed by atoms with van der Waals surface area (Å²) in [6, 6.07) is 18.1. The Morgan fingerprint density at radius 2 is 1.82 bits per heavy atom. The lowest BCUT2D eigenvalue weighted by atomic mass is 10.2. The summed E-state index contributed by atoms with van der Waals surface area (Å²) < 4.78 is 5.18. The van der Waals surface area contributed by atoms with E-state index in [1.807, 2.05) is 55.6 Å². The first-order chi connectivity index (χ1) is 13.3. The van der Waals surface area contributed by atoms with Crippen LogP contribution in [-0.2, 0) is 13.1 Å². The maximum Gasteiger partial charge on any atom is 0.191 e. The van der Waals surface area contributed by atoms with Crippen molar-refractivity contribution >= 4 is 29.9 Å². The molecular weight excluding hydrogens is 465 g/mol. The maximum absolute atomic E-state index is 5.18. The quantitative estimate of drug-likeness (QED) is 0.266. The van der Waals surface area contributed by atoms with Crippen molar-refractivity contribution in [2.24, 2.45) is 4.99 Å². The minimum absolute atomic E-state index is 0. The molecule has 0 bridgehead atoms. The van der Waals surface area contributed by atoms with E-state index in [-0.39, 0.29) is 24.0 Å². The van der Waals surface area contributed by atoms with E-state index < -0.39 is 0 Å². The Kier molecular flexibility index (Phi) is 8.80. The molecule has 0 saturated heterocycles. The molecule has 0 aliphatic heterocycles. The van der Waals surface area contributed by atoms with Gasteiger partial charge in [-0.3, -0.25) is 0 Å². The second-order valence-corrected chi connectivity index (χ2v) is 6.01. The third kappa shape index (κ3) is 6.26. The minimum Gasteiger partial charge on any atom is -0.497 e. The fraction of sp³-hybridized carbons (Fsp3) is 0.238. The van der Waals surface area contributed by atoms with E-state index in [4.69, 9.17) is 4.74 Å². The number of guanidine groups is 1. The number of imidazole rings is 1. The first-order valence-corrected chi connectivity index (χ1v) is 9.03. The third-order valence-corrected chi connectivity index (χ3v) is 4.06. The number of halogens is 1. The van der Waals surface area contributed by atoms with Crippen LogP contribution < -0.4 is 15.4 Å². The molecule has 0 atom stereocenters. The van der Waals surface area contributed by atoms with Crippen LogP contribution in [0, 0.1) is 0 Å². The number of aromatic nitrogens is 2. The Balaban J connectivity index is 0.00000280. The number of nitrogens with zero attached hydrogens (tertiary/aromatic N) is 2. The molecule has 6 nitrogen and oxygen atoms in total. The highest BCUT2D eigenvalue weighted by Gasteiger charge is 2.04. The fourth-order valence-corrected chi connectivity index (χ4v) is 2.63.